The molecule has 2 nitrogen and oxygen atoms in total. The van der Waals surface area contributed by atoms with E-state index in [9.17, 15) is 4.79 Å². The van der Waals surface area contributed by atoms with Crippen LogP contribution in [0.25, 0.3) is 0 Å². The molecule has 120 valence electrons. The van der Waals surface area contributed by atoms with Crippen LogP contribution in [0.3, 0.4) is 0 Å². The SMILES string of the molecule is Cc1sc(C=O)cc1C1=NC(C(C)(C)C)Cc2ccc(Cl)cc21. The first kappa shape index (κ1) is 16.4. The summed E-state index contributed by atoms with van der Waals surface area (Å²) in [6, 6.07) is 8.20. The van der Waals surface area contributed by atoms with Gasteiger partial charge in [0.1, 0.15) is 0 Å². The molecule has 1 unspecified atom stereocenters. The van der Waals surface area contributed by atoms with Gasteiger partial charge in [0.25, 0.3) is 0 Å². The molecule has 1 aliphatic rings. The largest absolute Gasteiger partial charge is 0.297 e. The van der Waals surface area contributed by atoms with Gasteiger partial charge in [-0.25, -0.2) is 0 Å². The lowest BCUT2D eigenvalue weighted by molar-refractivity contribution is 0.112. The van der Waals surface area contributed by atoms with Gasteiger partial charge in [-0.3, -0.25) is 9.79 Å². The molecule has 23 heavy (non-hydrogen) atoms. The highest BCUT2D eigenvalue weighted by Gasteiger charge is 2.31. The summed E-state index contributed by atoms with van der Waals surface area (Å²) in [5.74, 6) is 0. The number of aliphatic imine (C=N–C) groups is 1. The zero-order valence-corrected chi connectivity index (χ0v) is 15.4. The number of thiophene rings is 1. The molecule has 3 rings (SSSR count). The fourth-order valence-corrected chi connectivity index (χ4v) is 3.96. The molecule has 1 atom stereocenters. The molecule has 1 aliphatic heterocycles. The van der Waals surface area contributed by atoms with Crippen LogP contribution in [0.2, 0.25) is 5.02 Å². The number of carbonyl (C=O) groups is 1. The lowest BCUT2D eigenvalue weighted by Crippen LogP contribution is -2.32. The second-order valence-corrected chi connectivity index (χ2v) is 8.83. The van der Waals surface area contributed by atoms with E-state index in [-0.39, 0.29) is 11.5 Å². The van der Waals surface area contributed by atoms with Crippen molar-refractivity contribution in [2.24, 2.45) is 10.4 Å². The molecule has 1 aromatic carbocycles. The van der Waals surface area contributed by atoms with Gasteiger partial charge in [0.15, 0.2) is 6.29 Å². The smallest absolute Gasteiger partial charge is 0.160 e. The number of halogens is 1. The van der Waals surface area contributed by atoms with E-state index >= 15 is 0 Å². The van der Waals surface area contributed by atoms with Crippen molar-refractivity contribution >= 4 is 34.9 Å². The van der Waals surface area contributed by atoms with Gasteiger partial charge in [0.2, 0.25) is 0 Å². The van der Waals surface area contributed by atoms with E-state index in [1.54, 1.807) is 0 Å². The topological polar surface area (TPSA) is 29.4 Å². The average molecular weight is 346 g/mol. The molecular weight excluding hydrogens is 326 g/mol. The first-order valence-electron chi connectivity index (χ1n) is 7.72. The van der Waals surface area contributed by atoms with E-state index in [0.717, 1.165) is 39.3 Å². The van der Waals surface area contributed by atoms with Gasteiger partial charge in [0, 0.05) is 21.0 Å². The van der Waals surface area contributed by atoms with Crippen molar-refractivity contribution in [1.29, 1.82) is 0 Å². The fourth-order valence-electron chi connectivity index (χ4n) is 2.94. The van der Waals surface area contributed by atoms with Crippen LogP contribution in [0.4, 0.5) is 0 Å². The Morgan fingerprint density at radius 2 is 2.00 bits per heavy atom. The van der Waals surface area contributed by atoms with Crippen molar-refractivity contribution in [3.05, 3.63) is 55.7 Å². The lowest BCUT2D eigenvalue weighted by atomic mass is 9.79. The van der Waals surface area contributed by atoms with Gasteiger partial charge in [-0.2, -0.15) is 0 Å². The Balaban J connectivity index is 2.21. The Labute approximate surface area is 146 Å². The van der Waals surface area contributed by atoms with Crippen LogP contribution >= 0.6 is 22.9 Å². The number of fused-ring (bicyclic) bond motifs is 1. The Kier molecular flexibility index (Phi) is 4.19. The van der Waals surface area contributed by atoms with Gasteiger partial charge in [0.05, 0.1) is 16.6 Å². The molecular formula is C19H20ClNOS. The van der Waals surface area contributed by atoms with Crippen LogP contribution in [0.15, 0.2) is 29.3 Å². The van der Waals surface area contributed by atoms with E-state index in [4.69, 9.17) is 16.6 Å². The van der Waals surface area contributed by atoms with Gasteiger partial charge in [-0.05, 0) is 42.5 Å². The van der Waals surface area contributed by atoms with E-state index in [0.29, 0.717) is 5.02 Å². The lowest BCUT2D eigenvalue weighted by Gasteiger charge is -2.32. The van der Waals surface area contributed by atoms with Crippen LogP contribution in [-0.4, -0.2) is 18.0 Å². The summed E-state index contributed by atoms with van der Waals surface area (Å²) < 4.78 is 0. The number of hydrogen-bond donors (Lipinski definition) is 0. The average Bonchev–Trinajstić information content (AvgIpc) is 2.86. The van der Waals surface area contributed by atoms with Crippen molar-refractivity contribution in [3.8, 4) is 0 Å². The van der Waals surface area contributed by atoms with Crippen molar-refractivity contribution in [2.45, 2.75) is 40.2 Å². The Morgan fingerprint density at radius 1 is 1.26 bits per heavy atom. The predicted molar refractivity (Wildman–Crippen MR) is 98.5 cm³/mol. The van der Waals surface area contributed by atoms with Crippen molar-refractivity contribution in [2.75, 3.05) is 0 Å². The molecule has 2 heterocycles. The molecule has 0 aliphatic carbocycles. The van der Waals surface area contributed by atoms with Crippen molar-refractivity contribution < 1.29 is 4.79 Å². The number of benzene rings is 1. The Morgan fingerprint density at radius 3 is 2.61 bits per heavy atom. The van der Waals surface area contributed by atoms with Crippen LogP contribution < -0.4 is 0 Å². The molecule has 0 fully saturated rings. The highest BCUT2D eigenvalue weighted by molar-refractivity contribution is 7.14. The molecule has 1 aromatic heterocycles. The molecule has 0 saturated carbocycles. The van der Waals surface area contributed by atoms with E-state index < -0.39 is 0 Å². The third kappa shape index (κ3) is 3.13. The van der Waals surface area contributed by atoms with Crippen molar-refractivity contribution in [1.82, 2.24) is 0 Å². The zero-order chi connectivity index (χ0) is 16.8. The number of nitrogens with zero attached hydrogens (tertiary/aromatic N) is 1. The first-order valence-corrected chi connectivity index (χ1v) is 8.91. The van der Waals surface area contributed by atoms with Crippen LogP contribution in [-0.2, 0) is 6.42 Å². The zero-order valence-electron chi connectivity index (χ0n) is 13.8. The predicted octanol–water partition coefficient (Wildman–Crippen LogP) is 5.33. The molecule has 0 spiro atoms. The maximum atomic E-state index is 11.1. The molecule has 2 aromatic rings. The Bertz CT molecular complexity index is 798. The summed E-state index contributed by atoms with van der Waals surface area (Å²) in [7, 11) is 0. The minimum Gasteiger partial charge on any atom is -0.297 e. The molecule has 4 heteroatoms. The standard InChI is InChI=1S/C19H20ClNOS/c1-11-15(9-14(10-22)23-11)18-16-8-13(20)6-5-12(16)7-17(21-18)19(2,3)4/h5-6,8-10,17H,7H2,1-4H3. The molecule has 0 N–H and O–H groups in total. The number of aryl methyl sites for hydroxylation is 1. The minimum atomic E-state index is 0.0833. The van der Waals surface area contributed by atoms with E-state index in [1.165, 1.54) is 16.9 Å². The summed E-state index contributed by atoms with van der Waals surface area (Å²) in [4.78, 5) is 18.0. The summed E-state index contributed by atoms with van der Waals surface area (Å²) in [6.07, 6.45) is 1.83. The normalized spacial score (nSPS) is 17.6. The minimum absolute atomic E-state index is 0.0833. The second-order valence-electron chi connectivity index (χ2n) is 7.10. The van der Waals surface area contributed by atoms with E-state index in [2.05, 4.69) is 26.8 Å². The van der Waals surface area contributed by atoms with E-state index in [1.807, 2.05) is 25.1 Å². The van der Waals surface area contributed by atoms with Crippen LogP contribution in [0.1, 0.15) is 52.0 Å². The quantitative estimate of drug-likeness (QED) is 0.676. The third-order valence-electron chi connectivity index (χ3n) is 4.33. The number of rotatable bonds is 2. The van der Waals surface area contributed by atoms with Crippen LogP contribution in [0.5, 0.6) is 0 Å². The highest BCUT2D eigenvalue weighted by Crippen LogP contribution is 2.35. The van der Waals surface area contributed by atoms with Gasteiger partial charge in [-0.1, -0.05) is 38.4 Å². The van der Waals surface area contributed by atoms with Crippen molar-refractivity contribution in [3.63, 3.8) is 0 Å². The summed E-state index contributed by atoms with van der Waals surface area (Å²) in [6.45, 7) is 8.70. The van der Waals surface area contributed by atoms with Crippen LogP contribution in [0, 0.1) is 12.3 Å². The molecule has 0 saturated heterocycles. The number of hydrogen-bond acceptors (Lipinski definition) is 3. The Hall–Kier alpha value is -1.45. The highest BCUT2D eigenvalue weighted by atomic mass is 35.5. The monoisotopic (exact) mass is 345 g/mol. The first-order chi connectivity index (χ1) is 10.8. The molecule has 0 radical (unpaired) electrons. The maximum absolute atomic E-state index is 11.1. The summed E-state index contributed by atoms with van der Waals surface area (Å²) in [5, 5.41) is 0.717. The third-order valence-corrected chi connectivity index (χ3v) is 5.54. The summed E-state index contributed by atoms with van der Waals surface area (Å²) in [5.41, 5.74) is 4.47. The maximum Gasteiger partial charge on any atom is 0.160 e. The van der Waals surface area contributed by atoms with Gasteiger partial charge in [-0.15, -0.1) is 11.3 Å². The van der Waals surface area contributed by atoms with Gasteiger partial charge >= 0.3 is 0 Å². The molecule has 0 amide bonds. The second kappa shape index (κ2) is 5.88. The fraction of sp³-hybridized carbons (Fsp3) is 0.368. The van der Waals surface area contributed by atoms with Gasteiger partial charge < -0.3 is 0 Å². The number of aldehydes is 1. The molecule has 0 bridgehead atoms. The summed E-state index contributed by atoms with van der Waals surface area (Å²) >= 11 is 7.73. The number of carbonyl (C=O) groups excluding carboxylic acids is 1.